The highest BCUT2D eigenvalue weighted by Crippen LogP contribution is 2.21. The Labute approximate surface area is 146 Å². The van der Waals surface area contributed by atoms with Crippen LogP contribution in [0.25, 0.3) is 0 Å². The lowest BCUT2D eigenvalue weighted by atomic mass is 10.0. The van der Waals surface area contributed by atoms with Gasteiger partial charge in [0.05, 0.1) is 37.1 Å². The van der Waals surface area contributed by atoms with E-state index in [1.54, 1.807) is 12.4 Å². The number of ether oxygens (including phenoxy) is 1. The minimum atomic E-state index is -0.391. The maximum Gasteiger partial charge on any atom is 0.139 e. The van der Waals surface area contributed by atoms with E-state index in [4.69, 9.17) is 9.73 Å². The number of pyridine rings is 1. The van der Waals surface area contributed by atoms with Crippen molar-refractivity contribution in [3.05, 3.63) is 90.3 Å². The van der Waals surface area contributed by atoms with Gasteiger partial charge in [-0.1, -0.05) is 60.7 Å². The summed E-state index contributed by atoms with van der Waals surface area (Å²) in [5, 5.41) is 0. The van der Waals surface area contributed by atoms with E-state index < -0.39 is 6.67 Å². The number of alkyl halides is 1. The molecule has 3 rings (SSSR count). The van der Waals surface area contributed by atoms with Gasteiger partial charge in [-0.2, -0.15) is 0 Å². The van der Waals surface area contributed by atoms with Crippen molar-refractivity contribution in [3.8, 4) is 5.75 Å². The van der Waals surface area contributed by atoms with E-state index in [-0.39, 0.29) is 0 Å². The first kappa shape index (κ1) is 16.8. The molecular formula is C21H19FN2O. The smallest absolute Gasteiger partial charge is 0.139 e. The molecule has 0 bridgehead atoms. The van der Waals surface area contributed by atoms with Crippen molar-refractivity contribution in [2.24, 2.45) is 4.99 Å². The van der Waals surface area contributed by atoms with Crippen molar-refractivity contribution < 1.29 is 9.13 Å². The van der Waals surface area contributed by atoms with Gasteiger partial charge in [-0.15, -0.1) is 0 Å². The van der Waals surface area contributed by atoms with Crippen molar-refractivity contribution in [1.82, 2.24) is 4.98 Å². The van der Waals surface area contributed by atoms with Crippen LogP contribution in [0, 0.1) is 0 Å². The van der Waals surface area contributed by atoms with Gasteiger partial charge in [0.25, 0.3) is 0 Å². The fourth-order valence-electron chi connectivity index (χ4n) is 2.41. The van der Waals surface area contributed by atoms with Crippen LogP contribution in [0.15, 0.2) is 84.1 Å². The van der Waals surface area contributed by atoms with E-state index in [1.807, 2.05) is 66.7 Å². The van der Waals surface area contributed by atoms with Crippen LogP contribution in [0.2, 0.25) is 0 Å². The van der Waals surface area contributed by atoms with E-state index in [0.29, 0.717) is 24.5 Å². The van der Waals surface area contributed by atoms with Crippen molar-refractivity contribution in [1.29, 1.82) is 0 Å². The molecular weight excluding hydrogens is 315 g/mol. The van der Waals surface area contributed by atoms with Crippen LogP contribution >= 0.6 is 0 Å². The molecule has 25 heavy (non-hydrogen) atoms. The Bertz CT molecular complexity index is 778. The van der Waals surface area contributed by atoms with Crippen molar-refractivity contribution in [2.45, 2.75) is 6.42 Å². The molecule has 4 heteroatoms. The van der Waals surface area contributed by atoms with Gasteiger partial charge in [-0.05, 0) is 0 Å². The normalized spacial score (nSPS) is 10.3. The number of hydrogen-bond acceptors (Lipinski definition) is 3. The van der Waals surface area contributed by atoms with Crippen LogP contribution in [0.1, 0.15) is 17.5 Å². The zero-order valence-corrected chi connectivity index (χ0v) is 13.8. The Balaban J connectivity index is 1.95. The summed E-state index contributed by atoms with van der Waals surface area (Å²) in [5.74, 6) is 0.593. The van der Waals surface area contributed by atoms with E-state index in [0.717, 1.165) is 16.8 Å². The fourth-order valence-corrected chi connectivity index (χ4v) is 2.41. The summed E-state index contributed by atoms with van der Waals surface area (Å²) in [4.78, 5) is 8.97. The standard InChI is InChI=1S/C21H19FN2O/c22-12-7-13-25-20-14-19(15-23-16-20)24-21(17-8-3-1-4-9-17)18-10-5-2-6-11-18/h1-6,8-11,14-16H,7,12-13H2. The van der Waals surface area contributed by atoms with Gasteiger partial charge in [-0.25, -0.2) is 4.99 Å². The number of aliphatic imine (C=N–C) groups is 1. The summed E-state index contributed by atoms with van der Waals surface area (Å²) in [6.45, 7) is -0.0625. The third kappa shape index (κ3) is 4.73. The zero-order chi connectivity index (χ0) is 17.3. The average Bonchev–Trinajstić information content (AvgIpc) is 2.68. The van der Waals surface area contributed by atoms with Crippen LogP contribution in [0.5, 0.6) is 5.75 Å². The van der Waals surface area contributed by atoms with E-state index in [9.17, 15) is 4.39 Å². The fraction of sp³-hybridized carbons (Fsp3) is 0.143. The molecule has 0 aliphatic rings. The second-order valence-corrected chi connectivity index (χ2v) is 5.46. The molecule has 0 amide bonds. The molecule has 0 unspecified atom stereocenters. The molecule has 0 radical (unpaired) electrons. The average molecular weight is 334 g/mol. The summed E-state index contributed by atoms with van der Waals surface area (Å²) in [6, 6.07) is 21.8. The lowest BCUT2D eigenvalue weighted by molar-refractivity contribution is 0.289. The number of aromatic nitrogens is 1. The van der Waals surface area contributed by atoms with Crippen molar-refractivity contribution >= 4 is 11.4 Å². The summed E-state index contributed by atoms with van der Waals surface area (Å²) >= 11 is 0. The van der Waals surface area contributed by atoms with Gasteiger partial charge in [-0.3, -0.25) is 9.37 Å². The second-order valence-electron chi connectivity index (χ2n) is 5.46. The Hall–Kier alpha value is -3.01. The molecule has 0 saturated carbocycles. The quantitative estimate of drug-likeness (QED) is 0.451. The number of nitrogens with zero attached hydrogens (tertiary/aromatic N) is 2. The molecule has 1 heterocycles. The first-order valence-corrected chi connectivity index (χ1v) is 8.20. The van der Waals surface area contributed by atoms with Crippen LogP contribution in [-0.4, -0.2) is 24.0 Å². The molecule has 0 fully saturated rings. The Morgan fingerprint density at radius 3 is 2.16 bits per heavy atom. The first-order valence-electron chi connectivity index (χ1n) is 8.20. The van der Waals surface area contributed by atoms with Crippen LogP contribution < -0.4 is 4.74 Å². The van der Waals surface area contributed by atoms with Crippen LogP contribution in [-0.2, 0) is 0 Å². The molecule has 3 aromatic rings. The molecule has 126 valence electrons. The maximum absolute atomic E-state index is 12.2. The summed E-state index contributed by atoms with van der Waals surface area (Å²) in [6.07, 6.45) is 3.67. The number of halogens is 1. The minimum Gasteiger partial charge on any atom is -0.492 e. The van der Waals surface area contributed by atoms with Gasteiger partial charge in [0.15, 0.2) is 0 Å². The van der Waals surface area contributed by atoms with Crippen LogP contribution in [0.4, 0.5) is 10.1 Å². The van der Waals surface area contributed by atoms with E-state index >= 15 is 0 Å². The molecule has 3 nitrogen and oxygen atoms in total. The summed E-state index contributed by atoms with van der Waals surface area (Å²) in [5.41, 5.74) is 3.61. The number of benzene rings is 2. The van der Waals surface area contributed by atoms with Crippen LogP contribution in [0.3, 0.4) is 0 Å². The Kier molecular flexibility index (Phi) is 5.88. The lowest BCUT2D eigenvalue weighted by Gasteiger charge is -2.09. The lowest BCUT2D eigenvalue weighted by Crippen LogP contribution is -2.03. The monoisotopic (exact) mass is 334 g/mol. The highest BCUT2D eigenvalue weighted by atomic mass is 19.1. The second kappa shape index (κ2) is 8.73. The third-order valence-electron chi connectivity index (χ3n) is 3.58. The topological polar surface area (TPSA) is 34.5 Å². The molecule has 0 atom stereocenters. The molecule has 0 aliphatic heterocycles. The number of hydrogen-bond donors (Lipinski definition) is 0. The van der Waals surface area contributed by atoms with Gasteiger partial charge in [0.2, 0.25) is 0 Å². The summed E-state index contributed by atoms with van der Waals surface area (Å²) in [7, 11) is 0. The van der Waals surface area contributed by atoms with Gasteiger partial charge in [0, 0.05) is 23.6 Å². The van der Waals surface area contributed by atoms with Crippen molar-refractivity contribution in [2.75, 3.05) is 13.3 Å². The highest BCUT2D eigenvalue weighted by Gasteiger charge is 2.07. The first-order chi connectivity index (χ1) is 12.4. The largest absolute Gasteiger partial charge is 0.492 e. The third-order valence-corrected chi connectivity index (χ3v) is 3.58. The molecule has 1 aromatic heterocycles. The molecule has 0 saturated heterocycles. The Morgan fingerprint density at radius 1 is 0.920 bits per heavy atom. The summed E-state index contributed by atoms with van der Waals surface area (Å²) < 4.78 is 17.7. The highest BCUT2D eigenvalue weighted by molar-refractivity contribution is 6.13. The minimum absolute atomic E-state index is 0.329. The SMILES string of the molecule is FCCCOc1cncc(N=C(c2ccccc2)c2ccccc2)c1. The zero-order valence-electron chi connectivity index (χ0n) is 13.8. The van der Waals surface area contributed by atoms with E-state index in [2.05, 4.69) is 4.98 Å². The predicted molar refractivity (Wildman–Crippen MR) is 98.5 cm³/mol. The van der Waals surface area contributed by atoms with Gasteiger partial charge in [0.1, 0.15) is 5.75 Å². The maximum atomic E-state index is 12.2. The van der Waals surface area contributed by atoms with Gasteiger partial charge < -0.3 is 4.74 Å². The van der Waals surface area contributed by atoms with Crippen molar-refractivity contribution in [3.63, 3.8) is 0 Å². The van der Waals surface area contributed by atoms with Gasteiger partial charge >= 0.3 is 0 Å². The molecule has 0 spiro atoms. The van der Waals surface area contributed by atoms with E-state index in [1.165, 1.54) is 0 Å². The molecule has 0 N–H and O–H groups in total. The Morgan fingerprint density at radius 2 is 1.56 bits per heavy atom. The molecule has 2 aromatic carbocycles. The number of rotatable bonds is 7. The predicted octanol–water partition coefficient (Wildman–Crippen LogP) is 4.99. The molecule has 0 aliphatic carbocycles.